The molecule has 0 atom stereocenters. The lowest BCUT2D eigenvalue weighted by Crippen LogP contribution is -2.11. The normalized spacial score (nSPS) is 8.75. The van der Waals surface area contributed by atoms with Crippen LogP contribution in [0.2, 0.25) is 0 Å². The molecule has 0 radical (unpaired) electrons. The van der Waals surface area contributed by atoms with E-state index in [4.69, 9.17) is 5.21 Å². The number of rotatable bonds is 4. The predicted molar refractivity (Wildman–Crippen MR) is 29.2 cm³/mol. The molecule has 48 valence electrons. The van der Waals surface area contributed by atoms with E-state index in [0.717, 1.165) is 12.8 Å². The molecule has 0 rings (SSSR count). The second-order valence-corrected chi connectivity index (χ2v) is 1.53. The Bertz CT molecular complexity index is 67.1. The summed E-state index contributed by atoms with van der Waals surface area (Å²) in [4.78, 5) is 9.44. The van der Waals surface area contributed by atoms with Crippen LogP contribution in [0.1, 0.15) is 19.8 Å². The molecule has 0 saturated heterocycles. The number of hydroxylamine groups is 1. The fourth-order valence-corrected chi connectivity index (χ4v) is 0.340. The Balaban J connectivity index is 2.98. The van der Waals surface area contributed by atoms with E-state index in [9.17, 15) is 4.91 Å². The van der Waals surface area contributed by atoms with E-state index < -0.39 is 0 Å². The molecule has 8 heavy (non-hydrogen) atoms. The molecule has 0 fully saturated rings. The van der Waals surface area contributed by atoms with Crippen LogP contribution < -0.4 is 0 Å². The molecule has 0 aliphatic rings. The van der Waals surface area contributed by atoms with Gasteiger partial charge >= 0.3 is 0 Å². The molecule has 0 unspecified atom stereocenters. The van der Waals surface area contributed by atoms with E-state index in [2.05, 4.69) is 5.29 Å². The second-order valence-electron chi connectivity index (χ2n) is 1.53. The van der Waals surface area contributed by atoms with Crippen molar-refractivity contribution in [2.75, 3.05) is 6.54 Å². The lowest BCUT2D eigenvalue weighted by Gasteiger charge is -2.02. The molecule has 0 bridgehead atoms. The fourth-order valence-electron chi connectivity index (χ4n) is 0.340. The molecule has 0 aliphatic heterocycles. The van der Waals surface area contributed by atoms with Gasteiger partial charge in [0, 0.05) is 0 Å². The Hall–Kier alpha value is -0.640. The third kappa shape index (κ3) is 3.55. The van der Waals surface area contributed by atoms with Crippen molar-refractivity contribution >= 4 is 0 Å². The quantitative estimate of drug-likeness (QED) is 0.445. The number of hydrogen-bond acceptors (Lipinski definition) is 3. The molecule has 4 heteroatoms. The van der Waals surface area contributed by atoms with Crippen molar-refractivity contribution in [2.45, 2.75) is 19.8 Å². The summed E-state index contributed by atoms with van der Waals surface area (Å²) in [5.74, 6) is 0. The minimum absolute atomic E-state index is 0.333. The van der Waals surface area contributed by atoms with Crippen molar-refractivity contribution in [1.82, 2.24) is 5.17 Å². The Labute approximate surface area is 48.0 Å². The Morgan fingerprint density at radius 1 is 1.75 bits per heavy atom. The summed E-state index contributed by atoms with van der Waals surface area (Å²) in [5, 5.41) is 11.0. The molecule has 0 spiro atoms. The van der Waals surface area contributed by atoms with Gasteiger partial charge in [0.15, 0.2) is 0 Å². The number of unbranched alkanes of at least 4 members (excludes halogenated alkanes) is 1. The monoisotopic (exact) mass is 118 g/mol. The van der Waals surface area contributed by atoms with Gasteiger partial charge in [0.25, 0.3) is 0 Å². The van der Waals surface area contributed by atoms with Gasteiger partial charge in [-0.25, -0.2) is 0 Å². The van der Waals surface area contributed by atoms with E-state index in [0.29, 0.717) is 11.7 Å². The van der Waals surface area contributed by atoms with Crippen molar-refractivity contribution in [3.8, 4) is 0 Å². The van der Waals surface area contributed by atoms with Crippen LogP contribution in [0, 0.1) is 4.91 Å². The molecular weight excluding hydrogens is 108 g/mol. The van der Waals surface area contributed by atoms with Gasteiger partial charge in [0.2, 0.25) is 0 Å². The number of hydrogen-bond donors (Lipinski definition) is 1. The zero-order chi connectivity index (χ0) is 6.41. The highest BCUT2D eigenvalue weighted by atomic mass is 16.6. The Morgan fingerprint density at radius 2 is 2.38 bits per heavy atom. The lowest BCUT2D eigenvalue weighted by molar-refractivity contribution is -0.0921. The SMILES string of the molecule is CCCCN(O)N=O. The van der Waals surface area contributed by atoms with Gasteiger partial charge in [-0.1, -0.05) is 13.3 Å². The van der Waals surface area contributed by atoms with Crippen LogP contribution in [0.4, 0.5) is 0 Å². The maximum Gasteiger partial charge on any atom is 0.0787 e. The summed E-state index contributed by atoms with van der Waals surface area (Å²) in [5.41, 5.74) is 0. The first-order valence-electron chi connectivity index (χ1n) is 2.61. The lowest BCUT2D eigenvalue weighted by atomic mass is 10.3. The maximum atomic E-state index is 9.44. The summed E-state index contributed by atoms with van der Waals surface area (Å²) in [6.07, 6.45) is 1.74. The summed E-state index contributed by atoms with van der Waals surface area (Å²) in [6, 6.07) is 0. The van der Waals surface area contributed by atoms with Crippen LogP contribution in [0.3, 0.4) is 0 Å². The summed E-state index contributed by atoms with van der Waals surface area (Å²) in [6.45, 7) is 2.30. The van der Waals surface area contributed by atoms with Crippen molar-refractivity contribution in [3.63, 3.8) is 0 Å². The van der Waals surface area contributed by atoms with Crippen LogP contribution in [0.25, 0.3) is 0 Å². The molecule has 0 aliphatic carbocycles. The topological polar surface area (TPSA) is 52.9 Å². The third-order valence-corrected chi connectivity index (χ3v) is 0.806. The van der Waals surface area contributed by atoms with Crippen molar-refractivity contribution in [3.05, 3.63) is 4.91 Å². The molecular formula is C4H10N2O2. The van der Waals surface area contributed by atoms with E-state index in [1.807, 2.05) is 6.92 Å². The molecule has 0 saturated carbocycles. The highest BCUT2D eigenvalue weighted by molar-refractivity contribution is 4.35. The Kier molecular flexibility index (Phi) is 4.16. The first-order valence-corrected chi connectivity index (χ1v) is 2.61. The van der Waals surface area contributed by atoms with Crippen molar-refractivity contribution in [1.29, 1.82) is 0 Å². The fraction of sp³-hybridized carbons (Fsp3) is 1.00. The van der Waals surface area contributed by atoms with Gasteiger partial charge in [0.1, 0.15) is 0 Å². The van der Waals surface area contributed by atoms with E-state index in [1.54, 1.807) is 0 Å². The molecule has 0 heterocycles. The largest absolute Gasteiger partial charge is 0.269 e. The van der Waals surface area contributed by atoms with Crippen LogP contribution in [0.5, 0.6) is 0 Å². The second kappa shape index (κ2) is 4.52. The molecule has 1 N–H and O–H groups in total. The highest BCUT2D eigenvalue weighted by Crippen LogP contribution is 1.89. The zero-order valence-electron chi connectivity index (χ0n) is 4.87. The summed E-state index contributed by atoms with van der Waals surface area (Å²) >= 11 is 0. The summed E-state index contributed by atoms with van der Waals surface area (Å²) in [7, 11) is 0. The van der Waals surface area contributed by atoms with Crippen molar-refractivity contribution < 1.29 is 5.21 Å². The average Bonchev–Trinajstić information content (AvgIpc) is 1.83. The first-order chi connectivity index (χ1) is 3.81. The van der Waals surface area contributed by atoms with Gasteiger partial charge in [-0.3, -0.25) is 5.21 Å². The van der Waals surface area contributed by atoms with E-state index in [1.165, 1.54) is 0 Å². The molecule has 0 aromatic heterocycles. The first kappa shape index (κ1) is 7.36. The van der Waals surface area contributed by atoms with Crippen LogP contribution in [-0.4, -0.2) is 16.9 Å². The molecule has 4 nitrogen and oxygen atoms in total. The van der Waals surface area contributed by atoms with Gasteiger partial charge in [-0.2, -0.15) is 0 Å². The molecule has 0 aromatic rings. The minimum Gasteiger partial charge on any atom is -0.269 e. The van der Waals surface area contributed by atoms with Crippen LogP contribution >= 0.6 is 0 Å². The number of nitroso groups, excluding NO2 is 1. The number of nitrogens with zero attached hydrogens (tertiary/aromatic N) is 2. The zero-order valence-corrected chi connectivity index (χ0v) is 4.87. The predicted octanol–water partition coefficient (Wildman–Crippen LogP) is 1.16. The van der Waals surface area contributed by atoms with E-state index in [-0.39, 0.29) is 0 Å². The average molecular weight is 118 g/mol. The van der Waals surface area contributed by atoms with Gasteiger partial charge in [0.05, 0.1) is 11.8 Å². The minimum atomic E-state index is 0.333. The van der Waals surface area contributed by atoms with Gasteiger partial charge < -0.3 is 0 Å². The smallest absolute Gasteiger partial charge is 0.0787 e. The van der Waals surface area contributed by atoms with Crippen molar-refractivity contribution in [2.24, 2.45) is 5.29 Å². The Morgan fingerprint density at radius 3 is 2.75 bits per heavy atom. The van der Waals surface area contributed by atoms with Gasteiger partial charge in [-0.05, 0) is 6.42 Å². The molecule has 0 amide bonds. The third-order valence-electron chi connectivity index (χ3n) is 0.806. The highest BCUT2D eigenvalue weighted by Gasteiger charge is 1.91. The molecule has 0 aromatic carbocycles. The standard InChI is InChI=1S/C4H10N2O2/c1-2-3-4-6(8)5-7/h8H,2-4H2,1H3. The van der Waals surface area contributed by atoms with Crippen LogP contribution in [0.15, 0.2) is 5.29 Å². The van der Waals surface area contributed by atoms with Gasteiger partial charge in [-0.15, -0.1) is 10.1 Å². The van der Waals surface area contributed by atoms with Crippen LogP contribution in [-0.2, 0) is 0 Å². The maximum absolute atomic E-state index is 9.44. The van der Waals surface area contributed by atoms with E-state index >= 15 is 0 Å². The summed E-state index contributed by atoms with van der Waals surface area (Å²) < 4.78 is 0.